The molecule has 1 aromatic heterocycles. The fraction of sp³-hybridized carbons (Fsp3) is 0.400. The van der Waals surface area contributed by atoms with Crippen LogP contribution in [0.25, 0.3) is 10.9 Å². The first-order valence-corrected chi connectivity index (χ1v) is 11.9. The molecule has 1 aliphatic heterocycles. The first kappa shape index (κ1) is 21.1. The highest BCUT2D eigenvalue weighted by atomic mass is 32.1. The summed E-state index contributed by atoms with van der Waals surface area (Å²) >= 11 is 4.41. The van der Waals surface area contributed by atoms with E-state index < -0.39 is 0 Å². The van der Waals surface area contributed by atoms with Gasteiger partial charge in [0.05, 0.1) is 22.4 Å². The van der Waals surface area contributed by atoms with E-state index in [0.717, 1.165) is 58.4 Å². The fourth-order valence-corrected chi connectivity index (χ4v) is 5.09. The topological polar surface area (TPSA) is 62.5 Å². The van der Waals surface area contributed by atoms with Crippen LogP contribution >= 0.6 is 12.6 Å². The first-order valence-electron chi connectivity index (χ1n) is 11.4. The molecule has 5 rings (SSSR count). The second kappa shape index (κ2) is 8.28. The maximum atomic E-state index is 13.1. The van der Waals surface area contributed by atoms with Crippen LogP contribution in [-0.2, 0) is 12.0 Å². The van der Waals surface area contributed by atoms with Crippen LogP contribution in [0.2, 0.25) is 0 Å². The lowest BCUT2D eigenvalue weighted by atomic mass is 9.88. The molecule has 1 saturated carbocycles. The van der Waals surface area contributed by atoms with Crippen molar-refractivity contribution in [1.29, 1.82) is 0 Å². The number of rotatable bonds is 4. The predicted octanol–water partition coefficient (Wildman–Crippen LogP) is 5.50. The van der Waals surface area contributed by atoms with Gasteiger partial charge < -0.3 is 5.32 Å². The van der Waals surface area contributed by atoms with Gasteiger partial charge in [0.25, 0.3) is 0 Å². The number of fused-ring (bicyclic) bond motifs is 1. The summed E-state index contributed by atoms with van der Waals surface area (Å²) in [6.07, 6.45) is 7.97. The lowest BCUT2D eigenvalue weighted by Crippen LogP contribution is -2.37. The number of carbonyl (C=O) groups excluding carboxylic acids is 1. The molecule has 1 atom stereocenters. The van der Waals surface area contributed by atoms with E-state index in [9.17, 15) is 4.79 Å². The smallest absolute Gasteiger partial charge is 0.333 e. The van der Waals surface area contributed by atoms with Crippen LogP contribution in [0, 0.1) is 0 Å². The van der Waals surface area contributed by atoms with E-state index in [-0.39, 0.29) is 17.6 Å². The number of hydrogen-bond donors (Lipinski definition) is 2. The number of hydrazone groups is 1. The fourth-order valence-electron chi connectivity index (χ4n) is 4.94. The number of aromatic nitrogens is 2. The highest BCUT2D eigenvalue weighted by Gasteiger charge is 2.38. The second-order valence-corrected chi connectivity index (χ2v) is 9.50. The molecule has 1 N–H and O–H groups in total. The Morgan fingerprint density at radius 1 is 1.19 bits per heavy atom. The van der Waals surface area contributed by atoms with Gasteiger partial charge in [0.2, 0.25) is 0 Å². The van der Waals surface area contributed by atoms with E-state index in [1.165, 1.54) is 12.8 Å². The Bertz CT molecular complexity index is 1180. The number of nitrogens with one attached hydrogen (secondary N) is 1. The quantitative estimate of drug-likeness (QED) is 0.519. The lowest BCUT2D eigenvalue weighted by Gasteiger charge is -2.35. The average molecular weight is 448 g/mol. The molecule has 0 radical (unpaired) electrons. The number of anilines is 1. The lowest BCUT2D eigenvalue weighted by molar-refractivity contribution is 0.236. The molecule has 2 aliphatic rings. The molecule has 3 aromatic rings. The summed E-state index contributed by atoms with van der Waals surface area (Å²) in [6.45, 7) is 4.27. The summed E-state index contributed by atoms with van der Waals surface area (Å²) in [4.78, 5) is 14.0. The van der Waals surface area contributed by atoms with Crippen LogP contribution in [0.3, 0.4) is 0 Å². The van der Waals surface area contributed by atoms with Crippen molar-refractivity contribution in [3.8, 4) is 0 Å². The van der Waals surface area contributed by atoms with E-state index in [1.54, 1.807) is 4.68 Å². The third kappa shape index (κ3) is 3.58. The van der Waals surface area contributed by atoms with Gasteiger partial charge >= 0.3 is 6.03 Å². The van der Waals surface area contributed by atoms with Crippen LogP contribution < -0.4 is 10.3 Å². The Balaban J connectivity index is 1.54. The molecule has 7 heteroatoms. The van der Waals surface area contributed by atoms with Crippen molar-refractivity contribution in [2.45, 2.75) is 68.8 Å². The zero-order valence-electron chi connectivity index (χ0n) is 18.6. The third-order valence-electron chi connectivity index (χ3n) is 6.84. The van der Waals surface area contributed by atoms with Gasteiger partial charge in [0.15, 0.2) is 0 Å². The normalized spacial score (nSPS) is 21.0. The minimum Gasteiger partial charge on any atom is -0.333 e. The van der Waals surface area contributed by atoms with Crippen molar-refractivity contribution < 1.29 is 4.79 Å². The molecule has 0 saturated heterocycles. The van der Waals surface area contributed by atoms with E-state index in [0.29, 0.717) is 0 Å². The summed E-state index contributed by atoms with van der Waals surface area (Å²) in [6, 6.07) is 14.5. The zero-order valence-corrected chi connectivity index (χ0v) is 19.5. The van der Waals surface area contributed by atoms with Gasteiger partial charge in [-0.15, -0.1) is 12.6 Å². The first-order chi connectivity index (χ1) is 15.5. The summed E-state index contributed by atoms with van der Waals surface area (Å²) in [5.74, 6) is 0. The van der Waals surface area contributed by atoms with Gasteiger partial charge in [-0.1, -0.05) is 31.9 Å². The van der Waals surface area contributed by atoms with Crippen molar-refractivity contribution in [3.05, 3.63) is 53.7 Å². The van der Waals surface area contributed by atoms with Crippen molar-refractivity contribution in [2.24, 2.45) is 5.10 Å². The van der Waals surface area contributed by atoms with E-state index in [2.05, 4.69) is 65.2 Å². The number of amides is 1. The molecular weight excluding hydrogens is 418 g/mol. The highest BCUT2D eigenvalue weighted by Crippen LogP contribution is 2.40. The van der Waals surface area contributed by atoms with Gasteiger partial charge in [0, 0.05) is 29.0 Å². The number of benzene rings is 2. The van der Waals surface area contributed by atoms with Gasteiger partial charge in [-0.3, -0.25) is 5.01 Å². The average Bonchev–Trinajstić information content (AvgIpc) is 3.53. The molecule has 6 nitrogen and oxygen atoms in total. The van der Waals surface area contributed by atoms with Crippen molar-refractivity contribution in [2.75, 3.05) is 5.01 Å². The number of carbonyl (C=O) groups is 1. The Morgan fingerprint density at radius 3 is 2.66 bits per heavy atom. The predicted molar refractivity (Wildman–Crippen MR) is 132 cm³/mol. The van der Waals surface area contributed by atoms with E-state index in [4.69, 9.17) is 0 Å². The summed E-state index contributed by atoms with van der Waals surface area (Å²) in [5, 5.41) is 15.6. The van der Waals surface area contributed by atoms with Crippen molar-refractivity contribution >= 4 is 41.5 Å². The number of thiol groups is 1. The maximum absolute atomic E-state index is 13.1. The number of aryl methyl sites for hydroxylation is 1. The maximum Gasteiger partial charge on any atom is 0.342 e. The van der Waals surface area contributed by atoms with Crippen LogP contribution in [0.5, 0.6) is 0 Å². The van der Waals surface area contributed by atoms with Crippen LogP contribution in [-0.4, -0.2) is 28.1 Å². The van der Waals surface area contributed by atoms with Crippen molar-refractivity contribution in [3.63, 3.8) is 0 Å². The molecular formula is C25H29N5OS. The third-order valence-corrected chi connectivity index (χ3v) is 7.14. The van der Waals surface area contributed by atoms with Gasteiger partial charge in [-0.2, -0.15) is 14.9 Å². The van der Waals surface area contributed by atoms with Crippen LogP contribution in [0.4, 0.5) is 10.5 Å². The molecule has 1 fully saturated rings. The van der Waals surface area contributed by atoms with Crippen LogP contribution in [0.1, 0.15) is 57.2 Å². The van der Waals surface area contributed by atoms with Gasteiger partial charge in [0.1, 0.15) is 0 Å². The molecule has 1 unspecified atom stereocenters. The van der Waals surface area contributed by atoms with E-state index >= 15 is 0 Å². The Labute approximate surface area is 194 Å². The summed E-state index contributed by atoms with van der Waals surface area (Å²) in [7, 11) is 0. The molecule has 2 heterocycles. The molecule has 32 heavy (non-hydrogen) atoms. The Morgan fingerprint density at radius 2 is 1.94 bits per heavy atom. The molecule has 0 spiro atoms. The minimum absolute atomic E-state index is 0.132. The van der Waals surface area contributed by atoms with Crippen LogP contribution in [0.15, 0.2) is 52.5 Å². The standard InChI is InChI=1S/C25H29N5OS/c1-3-22-21-13-8-17(16-23(21)29(28-22)24(31)27-18-6-4-5-7-18)25(2)14-15-26-30(25)19-9-11-20(32)12-10-19/h8-13,15-16,18,32H,3-7,14H2,1-2H3,(H,27,31). The Hall–Kier alpha value is -2.80. The minimum atomic E-state index is -0.351. The zero-order chi connectivity index (χ0) is 22.3. The molecule has 1 amide bonds. The highest BCUT2D eigenvalue weighted by molar-refractivity contribution is 7.80. The summed E-state index contributed by atoms with van der Waals surface area (Å²) < 4.78 is 1.56. The van der Waals surface area contributed by atoms with E-state index in [1.807, 2.05) is 30.5 Å². The monoisotopic (exact) mass is 447 g/mol. The largest absolute Gasteiger partial charge is 0.342 e. The molecule has 2 aromatic carbocycles. The second-order valence-electron chi connectivity index (χ2n) is 8.98. The molecule has 1 aliphatic carbocycles. The Kier molecular flexibility index (Phi) is 5.45. The molecule has 166 valence electrons. The van der Waals surface area contributed by atoms with Gasteiger partial charge in [-0.05, 0) is 62.1 Å². The molecule has 0 bridgehead atoms. The number of nitrogens with zero attached hydrogens (tertiary/aromatic N) is 4. The summed E-state index contributed by atoms with van der Waals surface area (Å²) in [5.41, 5.74) is 3.57. The number of hydrogen-bond acceptors (Lipinski definition) is 5. The SMILES string of the molecule is CCc1nn(C(=O)NC2CCCC2)c2cc(C3(C)CC=NN3c3ccc(S)cc3)ccc12. The van der Waals surface area contributed by atoms with Gasteiger partial charge in [-0.25, -0.2) is 4.79 Å². The van der Waals surface area contributed by atoms with Crippen molar-refractivity contribution in [1.82, 2.24) is 15.1 Å².